The molecule has 0 fully saturated rings. The van der Waals surface area contributed by atoms with Gasteiger partial charge in [-0.05, 0) is 30.2 Å². The molecule has 0 aliphatic rings. The first-order valence-corrected chi connectivity index (χ1v) is 6.98. The van der Waals surface area contributed by atoms with Crippen molar-refractivity contribution in [1.29, 1.82) is 0 Å². The summed E-state index contributed by atoms with van der Waals surface area (Å²) < 4.78 is 2.10. The maximum Gasteiger partial charge on any atom is 0.225 e. The second kappa shape index (κ2) is 5.79. The third-order valence-electron chi connectivity index (χ3n) is 3.53. The van der Waals surface area contributed by atoms with Crippen molar-refractivity contribution < 1.29 is 4.79 Å². The number of pyridine rings is 1. The van der Waals surface area contributed by atoms with Crippen LogP contribution in [0, 0.1) is 0 Å². The normalized spacial score (nSPS) is 10.7. The second-order valence-electron chi connectivity index (χ2n) is 5.05. The smallest absolute Gasteiger partial charge is 0.225 e. The molecule has 0 atom stereocenters. The van der Waals surface area contributed by atoms with E-state index in [4.69, 9.17) is 0 Å². The fraction of sp³-hybridized carbons (Fsp3) is 0.176. The van der Waals surface area contributed by atoms with Gasteiger partial charge in [0.1, 0.15) is 5.82 Å². The number of benzene rings is 1. The fourth-order valence-corrected chi connectivity index (χ4v) is 2.52. The monoisotopic (exact) mass is 279 g/mol. The van der Waals surface area contributed by atoms with Crippen molar-refractivity contribution in [1.82, 2.24) is 9.55 Å². The molecule has 0 spiro atoms. The molecule has 1 aromatic carbocycles. The summed E-state index contributed by atoms with van der Waals surface area (Å²) in [5.74, 6) is 0.585. The molecule has 1 amide bonds. The number of fused-ring (bicyclic) bond motifs is 1. The summed E-state index contributed by atoms with van der Waals surface area (Å²) in [5, 5.41) is 4.02. The van der Waals surface area contributed by atoms with Gasteiger partial charge in [-0.3, -0.25) is 4.79 Å². The van der Waals surface area contributed by atoms with Crippen LogP contribution >= 0.6 is 0 Å². The van der Waals surface area contributed by atoms with Gasteiger partial charge in [-0.2, -0.15) is 0 Å². The molecule has 1 N–H and O–H groups in total. The minimum atomic E-state index is -0.0124. The van der Waals surface area contributed by atoms with Crippen molar-refractivity contribution in [2.75, 3.05) is 5.32 Å². The zero-order valence-electron chi connectivity index (χ0n) is 11.9. The van der Waals surface area contributed by atoms with Crippen molar-refractivity contribution in [3.63, 3.8) is 0 Å². The number of anilines is 1. The Labute approximate surface area is 123 Å². The highest BCUT2D eigenvalue weighted by Crippen LogP contribution is 2.21. The van der Waals surface area contributed by atoms with Crippen LogP contribution in [-0.2, 0) is 18.3 Å². The molecule has 4 heteroatoms. The average molecular weight is 279 g/mol. The largest absolute Gasteiger partial charge is 0.350 e. The van der Waals surface area contributed by atoms with Gasteiger partial charge in [-0.25, -0.2) is 4.98 Å². The fourth-order valence-electron chi connectivity index (χ4n) is 2.52. The predicted octanol–water partition coefficient (Wildman–Crippen LogP) is 3.14. The van der Waals surface area contributed by atoms with Gasteiger partial charge in [-0.1, -0.05) is 24.3 Å². The molecule has 0 unspecified atom stereocenters. The molecule has 3 rings (SSSR count). The molecule has 2 heterocycles. The zero-order chi connectivity index (χ0) is 14.7. The minimum absolute atomic E-state index is 0.0124. The van der Waals surface area contributed by atoms with Crippen LogP contribution in [0.1, 0.15) is 12.0 Å². The molecule has 0 aliphatic carbocycles. The minimum Gasteiger partial charge on any atom is -0.350 e. The van der Waals surface area contributed by atoms with E-state index in [1.54, 1.807) is 12.3 Å². The van der Waals surface area contributed by atoms with E-state index in [1.165, 1.54) is 16.5 Å². The van der Waals surface area contributed by atoms with E-state index >= 15 is 0 Å². The highest BCUT2D eigenvalue weighted by atomic mass is 16.1. The van der Waals surface area contributed by atoms with Crippen molar-refractivity contribution in [2.45, 2.75) is 12.8 Å². The van der Waals surface area contributed by atoms with Gasteiger partial charge in [0, 0.05) is 36.8 Å². The first kappa shape index (κ1) is 13.4. The van der Waals surface area contributed by atoms with Crippen LogP contribution in [0.15, 0.2) is 54.9 Å². The summed E-state index contributed by atoms with van der Waals surface area (Å²) in [4.78, 5) is 16.1. The lowest BCUT2D eigenvalue weighted by atomic mass is 10.1. The molecule has 0 saturated carbocycles. The van der Waals surface area contributed by atoms with E-state index in [2.05, 4.69) is 33.2 Å². The Kier molecular flexibility index (Phi) is 3.69. The molecule has 106 valence electrons. The molecule has 0 saturated heterocycles. The van der Waals surface area contributed by atoms with Crippen LogP contribution in [0.4, 0.5) is 5.82 Å². The standard InChI is InChI=1S/C17H17N3O/c1-20-12-13(14-6-2-3-7-15(14)20)9-10-17(21)19-16-8-4-5-11-18-16/h2-8,11-12H,9-10H2,1H3,(H,18,19,21). The number of hydrogen-bond acceptors (Lipinski definition) is 2. The molecule has 21 heavy (non-hydrogen) atoms. The number of carbonyl (C=O) groups excluding carboxylic acids is 1. The predicted molar refractivity (Wildman–Crippen MR) is 84.1 cm³/mol. The van der Waals surface area contributed by atoms with Gasteiger partial charge in [-0.15, -0.1) is 0 Å². The van der Waals surface area contributed by atoms with E-state index in [0.717, 1.165) is 6.42 Å². The van der Waals surface area contributed by atoms with Crippen LogP contribution in [0.3, 0.4) is 0 Å². The van der Waals surface area contributed by atoms with Crippen LogP contribution in [0.2, 0.25) is 0 Å². The van der Waals surface area contributed by atoms with Crippen LogP contribution in [-0.4, -0.2) is 15.5 Å². The maximum absolute atomic E-state index is 12.0. The third kappa shape index (κ3) is 2.94. The number of para-hydroxylation sites is 1. The number of hydrogen-bond donors (Lipinski definition) is 1. The number of aromatic nitrogens is 2. The van der Waals surface area contributed by atoms with E-state index in [0.29, 0.717) is 12.2 Å². The summed E-state index contributed by atoms with van der Waals surface area (Å²) in [6.45, 7) is 0. The van der Waals surface area contributed by atoms with Crippen molar-refractivity contribution in [2.24, 2.45) is 7.05 Å². The Morgan fingerprint density at radius 2 is 2.00 bits per heavy atom. The van der Waals surface area contributed by atoms with E-state index in [1.807, 2.05) is 31.3 Å². The number of carbonyl (C=O) groups is 1. The van der Waals surface area contributed by atoms with Gasteiger partial charge in [0.2, 0.25) is 5.91 Å². The number of amides is 1. The zero-order valence-corrected chi connectivity index (χ0v) is 11.9. The Morgan fingerprint density at radius 3 is 2.81 bits per heavy atom. The van der Waals surface area contributed by atoms with Crippen LogP contribution < -0.4 is 5.32 Å². The molecular formula is C17H17N3O. The van der Waals surface area contributed by atoms with Crippen LogP contribution in [0.5, 0.6) is 0 Å². The van der Waals surface area contributed by atoms with E-state index in [-0.39, 0.29) is 5.91 Å². The molecular weight excluding hydrogens is 262 g/mol. The lowest BCUT2D eigenvalue weighted by molar-refractivity contribution is -0.116. The maximum atomic E-state index is 12.0. The summed E-state index contributed by atoms with van der Waals surface area (Å²) >= 11 is 0. The van der Waals surface area contributed by atoms with E-state index < -0.39 is 0 Å². The van der Waals surface area contributed by atoms with E-state index in [9.17, 15) is 4.79 Å². The number of rotatable bonds is 4. The van der Waals surface area contributed by atoms with Crippen molar-refractivity contribution in [3.05, 3.63) is 60.4 Å². The van der Waals surface area contributed by atoms with Crippen molar-refractivity contribution >= 4 is 22.6 Å². The molecule has 0 radical (unpaired) electrons. The van der Waals surface area contributed by atoms with Gasteiger partial charge in [0.05, 0.1) is 0 Å². The summed E-state index contributed by atoms with van der Waals surface area (Å²) in [5.41, 5.74) is 2.39. The average Bonchev–Trinajstić information content (AvgIpc) is 2.83. The quantitative estimate of drug-likeness (QED) is 0.797. The number of nitrogens with zero attached hydrogens (tertiary/aromatic N) is 2. The molecule has 0 aliphatic heterocycles. The number of nitrogens with one attached hydrogen (secondary N) is 1. The first-order valence-electron chi connectivity index (χ1n) is 6.98. The van der Waals surface area contributed by atoms with Crippen molar-refractivity contribution in [3.8, 4) is 0 Å². The van der Waals surface area contributed by atoms with Gasteiger partial charge in [0.25, 0.3) is 0 Å². The first-order chi connectivity index (χ1) is 10.2. The highest BCUT2D eigenvalue weighted by Gasteiger charge is 2.08. The Bertz CT molecular complexity index is 762. The molecule has 3 aromatic rings. The SMILES string of the molecule is Cn1cc(CCC(=O)Nc2ccccn2)c2ccccc21. The Balaban J connectivity index is 1.68. The third-order valence-corrected chi connectivity index (χ3v) is 3.53. The molecule has 2 aromatic heterocycles. The lowest BCUT2D eigenvalue weighted by Crippen LogP contribution is -2.13. The Morgan fingerprint density at radius 1 is 1.19 bits per heavy atom. The molecule has 4 nitrogen and oxygen atoms in total. The lowest BCUT2D eigenvalue weighted by Gasteiger charge is -2.03. The van der Waals surface area contributed by atoms with Crippen LogP contribution in [0.25, 0.3) is 10.9 Å². The Hall–Kier alpha value is -2.62. The van der Waals surface area contributed by atoms with Gasteiger partial charge < -0.3 is 9.88 Å². The summed E-state index contributed by atoms with van der Waals surface area (Å²) in [6, 6.07) is 13.7. The van der Waals surface area contributed by atoms with Gasteiger partial charge >= 0.3 is 0 Å². The molecule has 0 bridgehead atoms. The second-order valence-corrected chi connectivity index (χ2v) is 5.05. The number of aryl methyl sites for hydroxylation is 2. The van der Waals surface area contributed by atoms with Gasteiger partial charge in [0.15, 0.2) is 0 Å². The summed E-state index contributed by atoms with van der Waals surface area (Å²) in [7, 11) is 2.03. The topological polar surface area (TPSA) is 46.9 Å². The summed E-state index contributed by atoms with van der Waals surface area (Å²) in [6.07, 6.45) is 4.93. The highest BCUT2D eigenvalue weighted by molar-refractivity contribution is 5.90.